The van der Waals surface area contributed by atoms with E-state index in [0.29, 0.717) is 0 Å². The zero-order chi connectivity index (χ0) is 30.6. The molecule has 3 heteroatoms. The van der Waals surface area contributed by atoms with Crippen molar-refractivity contribution >= 4 is 71.7 Å². The van der Waals surface area contributed by atoms with Crippen LogP contribution in [0.25, 0.3) is 65.8 Å². The normalized spacial score (nSPS) is 13.6. The molecule has 0 atom stereocenters. The van der Waals surface area contributed by atoms with Crippen molar-refractivity contribution in [2.24, 2.45) is 0 Å². The third-order valence-electron chi connectivity index (χ3n) is 10.1. The lowest BCUT2D eigenvalue weighted by Crippen LogP contribution is -2.15. The Bertz CT molecular complexity index is 2690. The van der Waals surface area contributed by atoms with Crippen molar-refractivity contribution in [1.29, 1.82) is 0 Å². The average molecular weight is 592 g/mol. The Morgan fingerprint density at radius 1 is 0.457 bits per heavy atom. The van der Waals surface area contributed by atoms with Crippen LogP contribution in [-0.4, -0.2) is 0 Å². The molecule has 9 aromatic rings. The lowest BCUT2D eigenvalue weighted by Gasteiger charge is -2.27. The molecule has 0 unspecified atom stereocenters. The van der Waals surface area contributed by atoms with Gasteiger partial charge in [-0.3, -0.25) is 0 Å². The largest absolute Gasteiger partial charge is 0.456 e. The van der Waals surface area contributed by atoms with Gasteiger partial charge in [0.1, 0.15) is 16.7 Å². The summed E-state index contributed by atoms with van der Waals surface area (Å²) in [6.45, 7) is 4.65. The molecule has 0 spiro atoms. The van der Waals surface area contributed by atoms with Crippen LogP contribution < -0.4 is 4.90 Å². The summed E-state index contributed by atoms with van der Waals surface area (Å²) in [6.07, 6.45) is 0. The number of hydrogen-bond donors (Lipinski definition) is 0. The SMILES string of the molecule is CC1(C)c2ccccc2-c2cc(N(c3ccc4oc5ccccc5c4c3)c3cccc4c3oc3c5ccccc5ccc43)ccc21. The van der Waals surface area contributed by atoms with E-state index in [4.69, 9.17) is 8.83 Å². The smallest absolute Gasteiger partial charge is 0.159 e. The Hall–Kier alpha value is -5.80. The van der Waals surface area contributed by atoms with E-state index in [-0.39, 0.29) is 5.41 Å². The molecule has 0 fully saturated rings. The van der Waals surface area contributed by atoms with Gasteiger partial charge in [-0.15, -0.1) is 0 Å². The molecule has 218 valence electrons. The number of benzene rings is 7. The first-order valence-electron chi connectivity index (χ1n) is 15.9. The van der Waals surface area contributed by atoms with Crippen molar-refractivity contribution in [2.75, 3.05) is 4.90 Å². The highest BCUT2D eigenvalue weighted by Crippen LogP contribution is 2.51. The quantitative estimate of drug-likeness (QED) is 0.205. The number of hydrogen-bond acceptors (Lipinski definition) is 3. The van der Waals surface area contributed by atoms with Gasteiger partial charge in [0.2, 0.25) is 0 Å². The molecule has 0 radical (unpaired) electrons. The highest BCUT2D eigenvalue weighted by Gasteiger charge is 2.35. The number of furan rings is 2. The molecular weight excluding hydrogens is 562 g/mol. The van der Waals surface area contributed by atoms with Crippen LogP contribution in [0.3, 0.4) is 0 Å². The van der Waals surface area contributed by atoms with Gasteiger partial charge in [-0.1, -0.05) is 105 Å². The standard InChI is InChI=1S/C43H29NO2/c1-43(2)36-15-7-5-12-30(36)34-24-27(19-22-37(34)43)44(28-20-23-40-35(25-28)31-13-6-8-17-39(31)45-40)38-16-9-14-32-33-21-18-26-10-3-4-11-29(26)41(33)46-42(32)38/h3-25H,1-2H3. The van der Waals surface area contributed by atoms with Crippen LogP contribution in [0, 0.1) is 0 Å². The topological polar surface area (TPSA) is 29.5 Å². The summed E-state index contributed by atoms with van der Waals surface area (Å²) in [4.78, 5) is 2.35. The second-order valence-corrected chi connectivity index (χ2v) is 12.9. The summed E-state index contributed by atoms with van der Waals surface area (Å²) >= 11 is 0. The molecule has 0 saturated heterocycles. The third-order valence-corrected chi connectivity index (χ3v) is 10.1. The first-order valence-corrected chi connectivity index (χ1v) is 15.9. The van der Waals surface area contributed by atoms with E-state index in [0.717, 1.165) is 66.3 Å². The molecule has 2 aromatic heterocycles. The summed E-state index contributed by atoms with van der Waals surface area (Å²) in [5.74, 6) is 0. The summed E-state index contributed by atoms with van der Waals surface area (Å²) in [6, 6.07) is 49.8. The number of nitrogens with zero attached hydrogens (tertiary/aromatic N) is 1. The first kappa shape index (κ1) is 25.5. The van der Waals surface area contributed by atoms with Crippen molar-refractivity contribution in [3.8, 4) is 11.1 Å². The van der Waals surface area contributed by atoms with E-state index >= 15 is 0 Å². The van der Waals surface area contributed by atoms with Crippen molar-refractivity contribution in [3.05, 3.63) is 151 Å². The molecule has 7 aromatic carbocycles. The zero-order valence-electron chi connectivity index (χ0n) is 25.5. The van der Waals surface area contributed by atoms with Gasteiger partial charge < -0.3 is 13.7 Å². The van der Waals surface area contributed by atoms with Crippen molar-refractivity contribution in [3.63, 3.8) is 0 Å². The van der Waals surface area contributed by atoms with Gasteiger partial charge in [0.25, 0.3) is 0 Å². The van der Waals surface area contributed by atoms with Gasteiger partial charge in [0, 0.05) is 43.7 Å². The lowest BCUT2D eigenvalue weighted by molar-refractivity contribution is 0.660. The zero-order valence-corrected chi connectivity index (χ0v) is 25.5. The van der Waals surface area contributed by atoms with Crippen LogP contribution in [0.4, 0.5) is 17.1 Å². The molecular formula is C43H29NO2. The second kappa shape index (κ2) is 9.12. The van der Waals surface area contributed by atoms with Gasteiger partial charge in [-0.2, -0.15) is 0 Å². The maximum atomic E-state index is 6.89. The molecule has 2 heterocycles. The van der Waals surface area contributed by atoms with E-state index in [2.05, 4.69) is 146 Å². The number of fused-ring (bicyclic) bond motifs is 11. The minimum absolute atomic E-state index is 0.0658. The Balaban J connectivity index is 1.27. The van der Waals surface area contributed by atoms with E-state index in [1.807, 2.05) is 12.1 Å². The van der Waals surface area contributed by atoms with Crippen LogP contribution in [0.5, 0.6) is 0 Å². The Labute approximate surface area is 265 Å². The fourth-order valence-electron chi connectivity index (χ4n) is 7.82. The van der Waals surface area contributed by atoms with Gasteiger partial charge in [-0.25, -0.2) is 0 Å². The fourth-order valence-corrected chi connectivity index (χ4v) is 7.82. The van der Waals surface area contributed by atoms with E-state index in [1.54, 1.807) is 0 Å². The third kappa shape index (κ3) is 3.43. The van der Waals surface area contributed by atoms with Gasteiger partial charge in [-0.05, 0) is 76.2 Å². The maximum Gasteiger partial charge on any atom is 0.159 e. The molecule has 0 bridgehead atoms. The number of anilines is 3. The predicted molar refractivity (Wildman–Crippen MR) is 191 cm³/mol. The molecule has 0 saturated carbocycles. The van der Waals surface area contributed by atoms with Crippen LogP contribution in [-0.2, 0) is 5.41 Å². The predicted octanol–water partition coefficient (Wildman–Crippen LogP) is 12.4. The Kier molecular flexibility index (Phi) is 5.06. The number of para-hydroxylation sites is 2. The van der Waals surface area contributed by atoms with Gasteiger partial charge in [0.15, 0.2) is 5.58 Å². The average Bonchev–Trinajstić information content (AvgIpc) is 3.73. The summed E-state index contributed by atoms with van der Waals surface area (Å²) in [5.41, 5.74) is 11.9. The highest BCUT2D eigenvalue weighted by atomic mass is 16.3. The molecule has 0 N–H and O–H groups in total. The molecule has 0 aliphatic heterocycles. The minimum atomic E-state index is -0.0658. The monoisotopic (exact) mass is 591 g/mol. The van der Waals surface area contributed by atoms with E-state index < -0.39 is 0 Å². The maximum absolute atomic E-state index is 6.89. The Morgan fingerprint density at radius 3 is 2.09 bits per heavy atom. The van der Waals surface area contributed by atoms with E-state index in [1.165, 1.54) is 27.6 Å². The highest BCUT2D eigenvalue weighted by molar-refractivity contribution is 6.18. The van der Waals surface area contributed by atoms with Crippen molar-refractivity contribution < 1.29 is 8.83 Å². The molecule has 1 aliphatic carbocycles. The minimum Gasteiger partial charge on any atom is -0.456 e. The van der Waals surface area contributed by atoms with Crippen LogP contribution in [0.2, 0.25) is 0 Å². The van der Waals surface area contributed by atoms with Crippen LogP contribution >= 0.6 is 0 Å². The summed E-state index contributed by atoms with van der Waals surface area (Å²) in [7, 11) is 0. The molecule has 1 aliphatic rings. The number of rotatable bonds is 3. The van der Waals surface area contributed by atoms with Crippen LogP contribution in [0.15, 0.2) is 148 Å². The Morgan fingerprint density at radius 2 is 1.15 bits per heavy atom. The van der Waals surface area contributed by atoms with Crippen molar-refractivity contribution in [1.82, 2.24) is 0 Å². The second-order valence-electron chi connectivity index (χ2n) is 12.9. The lowest BCUT2D eigenvalue weighted by atomic mass is 9.82. The molecule has 10 rings (SSSR count). The fraction of sp³-hybridized carbons (Fsp3) is 0.0698. The molecule has 3 nitrogen and oxygen atoms in total. The summed E-state index contributed by atoms with van der Waals surface area (Å²) < 4.78 is 13.1. The van der Waals surface area contributed by atoms with E-state index in [9.17, 15) is 0 Å². The summed E-state index contributed by atoms with van der Waals surface area (Å²) in [5, 5.41) is 6.72. The molecule has 46 heavy (non-hydrogen) atoms. The molecule has 0 amide bonds. The van der Waals surface area contributed by atoms with Crippen molar-refractivity contribution in [2.45, 2.75) is 19.3 Å². The van der Waals surface area contributed by atoms with Gasteiger partial charge in [0.05, 0.1) is 5.69 Å². The first-order chi connectivity index (χ1) is 22.6. The van der Waals surface area contributed by atoms with Crippen LogP contribution in [0.1, 0.15) is 25.0 Å². The van der Waals surface area contributed by atoms with Gasteiger partial charge >= 0.3 is 0 Å².